The minimum absolute atomic E-state index is 0.0244. The molecule has 1 rings (SSSR count). The van der Waals surface area contributed by atoms with E-state index >= 15 is 0 Å². The van der Waals surface area contributed by atoms with Crippen LogP contribution in [0.4, 0.5) is 0 Å². The van der Waals surface area contributed by atoms with E-state index in [9.17, 15) is 0 Å². The predicted molar refractivity (Wildman–Crippen MR) is 49.1 cm³/mol. The van der Waals surface area contributed by atoms with E-state index in [1.54, 1.807) is 7.11 Å². The predicted octanol–water partition coefficient (Wildman–Crippen LogP) is 2.09. The number of aromatic nitrogens is 2. The van der Waals surface area contributed by atoms with Crippen LogP contribution in [-0.4, -0.2) is 23.9 Å². The average molecular weight is 245 g/mol. The van der Waals surface area contributed by atoms with Crippen molar-refractivity contribution >= 4 is 34.8 Å². The Morgan fingerprint density at radius 2 is 2.15 bits per heavy atom. The van der Waals surface area contributed by atoms with Crippen molar-refractivity contribution in [1.29, 1.82) is 0 Å². The zero-order chi connectivity index (χ0) is 9.90. The Bertz CT molecular complexity index is 271. The molecule has 1 aromatic heterocycles. The average Bonchev–Trinajstić information content (AvgIpc) is 2.47. The van der Waals surface area contributed by atoms with E-state index < -0.39 is 3.79 Å². The van der Waals surface area contributed by atoms with Crippen molar-refractivity contribution in [3.05, 3.63) is 11.7 Å². The van der Waals surface area contributed by atoms with E-state index in [1.165, 1.54) is 0 Å². The zero-order valence-electron chi connectivity index (χ0n) is 6.76. The number of methoxy groups -OCH3 is 1. The van der Waals surface area contributed by atoms with Gasteiger partial charge in [-0.2, -0.15) is 4.98 Å². The first-order valence-electron chi connectivity index (χ1n) is 3.42. The maximum Gasteiger partial charge on any atom is 0.278 e. The van der Waals surface area contributed by atoms with Gasteiger partial charge in [0.15, 0.2) is 5.82 Å². The third-order valence-electron chi connectivity index (χ3n) is 1.24. The summed E-state index contributed by atoms with van der Waals surface area (Å²) < 4.78 is 7.88. The number of halogens is 3. The summed E-state index contributed by atoms with van der Waals surface area (Å²) in [6, 6.07) is 0. The van der Waals surface area contributed by atoms with Gasteiger partial charge in [0.05, 0.1) is 6.61 Å². The molecule has 7 heteroatoms. The number of ether oxygens (including phenoxy) is 1. The molecule has 0 unspecified atom stereocenters. The minimum atomic E-state index is -1.65. The standard InChI is InChI=1S/C6H7Cl3N2O2/c1-12-3-2-4-10-5(13-11-4)6(7,8)9/h2-3H2,1H3. The molecule has 0 atom stereocenters. The van der Waals surface area contributed by atoms with Gasteiger partial charge in [-0.3, -0.25) is 0 Å². The second-order valence-corrected chi connectivity index (χ2v) is 4.54. The van der Waals surface area contributed by atoms with Crippen LogP contribution in [0.1, 0.15) is 11.7 Å². The molecule has 1 aromatic rings. The van der Waals surface area contributed by atoms with Gasteiger partial charge in [-0.05, 0) is 0 Å². The third-order valence-corrected chi connectivity index (χ3v) is 1.73. The maximum absolute atomic E-state index is 5.51. The summed E-state index contributed by atoms with van der Waals surface area (Å²) in [4.78, 5) is 3.87. The van der Waals surface area contributed by atoms with Crippen LogP contribution in [0.15, 0.2) is 4.52 Å². The molecular weight excluding hydrogens is 238 g/mol. The maximum atomic E-state index is 5.51. The van der Waals surface area contributed by atoms with Crippen LogP contribution in [0.25, 0.3) is 0 Å². The molecule has 4 nitrogen and oxygen atoms in total. The van der Waals surface area contributed by atoms with Crippen LogP contribution in [-0.2, 0) is 15.0 Å². The molecule has 0 bridgehead atoms. The van der Waals surface area contributed by atoms with Crippen LogP contribution >= 0.6 is 34.8 Å². The van der Waals surface area contributed by atoms with Crippen molar-refractivity contribution in [1.82, 2.24) is 10.1 Å². The van der Waals surface area contributed by atoms with E-state index in [0.29, 0.717) is 18.9 Å². The molecule has 0 amide bonds. The fourth-order valence-corrected chi connectivity index (χ4v) is 0.894. The Kier molecular flexibility index (Phi) is 3.79. The first kappa shape index (κ1) is 11.0. The Morgan fingerprint density at radius 3 is 2.62 bits per heavy atom. The highest BCUT2D eigenvalue weighted by Gasteiger charge is 2.30. The summed E-state index contributed by atoms with van der Waals surface area (Å²) in [5.74, 6) is 0.437. The lowest BCUT2D eigenvalue weighted by Gasteiger charge is -2.01. The normalized spacial score (nSPS) is 12.0. The fourth-order valence-electron chi connectivity index (χ4n) is 0.664. The number of rotatable bonds is 3. The molecule has 74 valence electrons. The van der Waals surface area contributed by atoms with Gasteiger partial charge < -0.3 is 9.26 Å². The summed E-state index contributed by atoms with van der Waals surface area (Å²) in [5.41, 5.74) is 0. The van der Waals surface area contributed by atoms with Crippen molar-refractivity contribution in [3.8, 4) is 0 Å². The largest absolute Gasteiger partial charge is 0.384 e. The van der Waals surface area contributed by atoms with E-state index in [1.807, 2.05) is 0 Å². The third kappa shape index (κ3) is 3.31. The van der Waals surface area contributed by atoms with Gasteiger partial charge in [0.1, 0.15) is 0 Å². The molecule has 0 N–H and O–H groups in total. The molecule has 0 saturated heterocycles. The second kappa shape index (κ2) is 4.46. The van der Waals surface area contributed by atoms with Crippen LogP contribution < -0.4 is 0 Å². The summed E-state index contributed by atoms with van der Waals surface area (Å²) in [6.45, 7) is 0.499. The summed E-state index contributed by atoms with van der Waals surface area (Å²) in [7, 11) is 1.58. The molecular formula is C6H7Cl3N2O2. The van der Waals surface area contributed by atoms with Crippen molar-refractivity contribution in [2.24, 2.45) is 0 Å². The molecule has 0 aromatic carbocycles. The molecule has 0 fully saturated rings. The summed E-state index contributed by atoms with van der Waals surface area (Å²) >= 11 is 16.5. The topological polar surface area (TPSA) is 48.2 Å². The van der Waals surface area contributed by atoms with Crippen molar-refractivity contribution in [2.45, 2.75) is 10.2 Å². The van der Waals surface area contributed by atoms with Crippen LogP contribution in [0.5, 0.6) is 0 Å². The number of hydrogen-bond donors (Lipinski definition) is 0. The highest BCUT2D eigenvalue weighted by atomic mass is 35.6. The van der Waals surface area contributed by atoms with Crippen molar-refractivity contribution < 1.29 is 9.26 Å². The molecule has 13 heavy (non-hydrogen) atoms. The summed E-state index contributed by atoms with van der Waals surface area (Å²) in [5, 5.41) is 3.60. The molecule has 1 heterocycles. The van der Waals surface area contributed by atoms with Crippen LogP contribution in [0.3, 0.4) is 0 Å². The van der Waals surface area contributed by atoms with Crippen molar-refractivity contribution in [3.63, 3.8) is 0 Å². The molecule has 0 saturated carbocycles. The SMILES string of the molecule is COCCc1noc(C(Cl)(Cl)Cl)n1. The number of hydrogen-bond acceptors (Lipinski definition) is 4. The lowest BCUT2D eigenvalue weighted by atomic mass is 10.4. The number of nitrogens with zero attached hydrogens (tertiary/aromatic N) is 2. The van der Waals surface area contributed by atoms with Crippen LogP contribution in [0.2, 0.25) is 0 Å². The molecule has 0 aliphatic rings. The fraction of sp³-hybridized carbons (Fsp3) is 0.667. The van der Waals surface area contributed by atoms with Gasteiger partial charge in [-0.1, -0.05) is 40.0 Å². The van der Waals surface area contributed by atoms with Gasteiger partial charge in [-0.25, -0.2) is 0 Å². The molecule has 0 aliphatic heterocycles. The second-order valence-electron chi connectivity index (χ2n) is 2.26. The monoisotopic (exact) mass is 244 g/mol. The lowest BCUT2D eigenvalue weighted by Crippen LogP contribution is -2.01. The van der Waals surface area contributed by atoms with Gasteiger partial charge >= 0.3 is 0 Å². The highest BCUT2D eigenvalue weighted by molar-refractivity contribution is 6.66. The van der Waals surface area contributed by atoms with Gasteiger partial charge in [0.25, 0.3) is 9.68 Å². The van der Waals surface area contributed by atoms with Gasteiger partial charge in [-0.15, -0.1) is 0 Å². The minimum Gasteiger partial charge on any atom is -0.384 e. The summed E-state index contributed by atoms with van der Waals surface area (Å²) in [6.07, 6.45) is 0.529. The Morgan fingerprint density at radius 1 is 1.46 bits per heavy atom. The quantitative estimate of drug-likeness (QED) is 0.765. The first-order valence-corrected chi connectivity index (χ1v) is 4.56. The van der Waals surface area contributed by atoms with Crippen molar-refractivity contribution in [2.75, 3.05) is 13.7 Å². The highest BCUT2D eigenvalue weighted by Crippen LogP contribution is 2.36. The van der Waals surface area contributed by atoms with E-state index in [2.05, 4.69) is 10.1 Å². The Hall–Kier alpha value is -0.0300. The molecule has 0 spiro atoms. The number of alkyl halides is 3. The van der Waals surface area contributed by atoms with E-state index in [4.69, 9.17) is 44.1 Å². The van der Waals surface area contributed by atoms with E-state index in [-0.39, 0.29) is 5.89 Å². The van der Waals surface area contributed by atoms with Gasteiger partial charge in [0.2, 0.25) is 0 Å². The lowest BCUT2D eigenvalue weighted by molar-refractivity contribution is 0.199. The van der Waals surface area contributed by atoms with Gasteiger partial charge in [0, 0.05) is 13.5 Å². The molecule has 0 aliphatic carbocycles. The molecule has 0 radical (unpaired) electrons. The van der Waals surface area contributed by atoms with Crippen LogP contribution in [0, 0.1) is 0 Å². The smallest absolute Gasteiger partial charge is 0.278 e. The Balaban J connectivity index is 2.64. The first-order chi connectivity index (χ1) is 6.04. The van der Waals surface area contributed by atoms with E-state index in [0.717, 1.165) is 0 Å². The zero-order valence-corrected chi connectivity index (χ0v) is 9.03. The Labute approximate surface area is 90.1 Å².